The van der Waals surface area contributed by atoms with E-state index < -0.39 is 5.92 Å². The van der Waals surface area contributed by atoms with E-state index in [-0.39, 0.29) is 34.8 Å². The Morgan fingerprint density at radius 2 is 1.78 bits per heavy atom. The van der Waals surface area contributed by atoms with Crippen LogP contribution in [0.15, 0.2) is 71.7 Å². The zero-order chi connectivity index (χ0) is 29.3. The number of nitrogens with two attached hydrogens (primary N) is 1. The fraction of sp³-hybridized carbons (Fsp3) is 0.375. The van der Waals surface area contributed by atoms with E-state index in [1.807, 2.05) is 82.3 Å². The number of amides is 1. The van der Waals surface area contributed by atoms with Crippen molar-refractivity contribution in [3.8, 4) is 23.3 Å². The van der Waals surface area contributed by atoms with E-state index in [0.29, 0.717) is 35.6 Å². The molecule has 2 aromatic carbocycles. The summed E-state index contributed by atoms with van der Waals surface area (Å²) < 4.78 is 9.23. The number of para-hydroxylation sites is 1. The first-order valence-electron chi connectivity index (χ1n) is 14.0. The largest absolute Gasteiger partial charge is 0.457 e. The van der Waals surface area contributed by atoms with Gasteiger partial charge in [0.2, 0.25) is 5.91 Å². The van der Waals surface area contributed by atoms with Crippen LogP contribution in [0.3, 0.4) is 0 Å². The molecule has 2 N–H and O–H groups in total. The molecule has 1 saturated heterocycles. The number of hydrogen-bond donors (Lipinski definition) is 1. The van der Waals surface area contributed by atoms with Gasteiger partial charge in [-0.2, -0.15) is 5.26 Å². The summed E-state index contributed by atoms with van der Waals surface area (Å²) in [5.41, 5.74) is 7.70. The summed E-state index contributed by atoms with van der Waals surface area (Å²) in [4.78, 5) is 33.6. The van der Waals surface area contributed by atoms with Gasteiger partial charge in [-0.05, 0) is 66.6 Å². The third-order valence-corrected chi connectivity index (χ3v) is 8.23. The number of carbonyl (C=O) groups is 1. The van der Waals surface area contributed by atoms with Crippen molar-refractivity contribution in [2.75, 3.05) is 18.8 Å². The summed E-state index contributed by atoms with van der Waals surface area (Å²) in [6, 6.07) is 20.5. The molecule has 1 aliphatic heterocycles. The maximum Gasteiger partial charge on any atom is 0.334 e. The van der Waals surface area contributed by atoms with Gasteiger partial charge in [-0.3, -0.25) is 13.9 Å². The second-order valence-corrected chi connectivity index (χ2v) is 11.8. The van der Waals surface area contributed by atoms with Crippen molar-refractivity contribution in [3.63, 3.8) is 0 Å². The third-order valence-electron chi connectivity index (χ3n) is 8.23. The van der Waals surface area contributed by atoms with Crippen molar-refractivity contribution in [1.82, 2.24) is 19.0 Å². The van der Waals surface area contributed by atoms with Crippen LogP contribution in [-0.2, 0) is 4.79 Å². The molecule has 0 saturated carbocycles. The van der Waals surface area contributed by atoms with Crippen LogP contribution >= 0.6 is 0 Å². The number of piperidine rings is 1. The fourth-order valence-electron chi connectivity index (χ4n) is 5.51. The molecule has 0 spiro atoms. The maximum absolute atomic E-state index is 14.1. The first-order valence-corrected chi connectivity index (χ1v) is 14.0. The second kappa shape index (κ2) is 11.1. The summed E-state index contributed by atoms with van der Waals surface area (Å²) in [6.45, 7) is 8.99. The van der Waals surface area contributed by atoms with Crippen molar-refractivity contribution >= 4 is 22.8 Å². The third kappa shape index (κ3) is 5.42. The van der Waals surface area contributed by atoms with Crippen molar-refractivity contribution in [2.24, 2.45) is 17.3 Å². The molecular formula is C32H36N6O3. The van der Waals surface area contributed by atoms with Gasteiger partial charge in [-0.1, -0.05) is 45.9 Å². The van der Waals surface area contributed by atoms with Gasteiger partial charge < -0.3 is 15.4 Å². The summed E-state index contributed by atoms with van der Waals surface area (Å²) in [5, 5.41) is 9.91. The topological polar surface area (TPSA) is 119 Å². The van der Waals surface area contributed by atoms with Crippen molar-refractivity contribution in [3.05, 3.63) is 77.3 Å². The van der Waals surface area contributed by atoms with E-state index >= 15 is 0 Å². The van der Waals surface area contributed by atoms with Crippen LogP contribution < -0.4 is 16.2 Å². The molecule has 9 heteroatoms. The van der Waals surface area contributed by atoms with Crippen LogP contribution in [0.25, 0.3) is 16.7 Å². The van der Waals surface area contributed by atoms with E-state index in [0.717, 1.165) is 18.6 Å². The molecule has 2 unspecified atom stereocenters. The number of fused-ring (bicyclic) bond motifs is 1. The normalized spacial score (nSPS) is 17.1. The van der Waals surface area contributed by atoms with Gasteiger partial charge in [0, 0.05) is 19.3 Å². The van der Waals surface area contributed by atoms with Gasteiger partial charge in [0.15, 0.2) is 0 Å². The van der Waals surface area contributed by atoms with Crippen molar-refractivity contribution < 1.29 is 9.53 Å². The Hall–Kier alpha value is -4.58. The van der Waals surface area contributed by atoms with Crippen LogP contribution in [0, 0.1) is 28.6 Å². The molecule has 0 aliphatic carbocycles. The van der Waals surface area contributed by atoms with Crippen LogP contribution in [0.1, 0.15) is 46.6 Å². The van der Waals surface area contributed by atoms with Gasteiger partial charge in [0.25, 0.3) is 0 Å². The highest BCUT2D eigenvalue weighted by Crippen LogP contribution is 2.34. The monoisotopic (exact) mass is 552 g/mol. The molecule has 2 aromatic heterocycles. The number of likely N-dealkylation sites (tertiary alicyclic amines) is 1. The van der Waals surface area contributed by atoms with Gasteiger partial charge in [0.05, 0.1) is 23.3 Å². The highest BCUT2D eigenvalue weighted by atomic mass is 16.5. The Balaban J connectivity index is 1.49. The average Bonchev–Trinajstić information content (AvgIpc) is 3.26. The zero-order valence-corrected chi connectivity index (χ0v) is 23.9. The minimum absolute atomic E-state index is 0.121. The lowest BCUT2D eigenvalue weighted by molar-refractivity contribution is -0.138. The number of benzene rings is 2. The molecule has 1 amide bonds. The van der Waals surface area contributed by atoms with Crippen LogP contribution in [0.2, 0.25) is 0 Å². The molecule has 1 fully saturated rings. The Morgan fingerprint density at radius 3 is 2.44 bits per heavy atom. The second-order valence-electron chi connectivity index (χ2n) is 11.8. The number of nitrogens with zero attached hydrogens (tertiary/aromatic N) is 5. The molecular weight excluding hydrogens is 516 g/mol. The Morgan fingerprint density at radius 1 is 1.10 bits per heavy atom. The van der Waals surface area contributed by atoms with E-state index in [9.17, 15) is 14.9 Å². The predicted molar refractivity (Wildman–Crippen MR) is 159 cm³/mol. The highest BCUT2D eigenvalue weighted by molar-refractivity contribution is 5.87. The van der Waals surface area contributed by atoms with E-state index in [1.165, 1.54) is 0 Å². The molecule has 212 valence electrons. The van der Waals surface area contributed by atoms with Gasteiger partial charge >= 0.3 is 5.69 Å². The first kappa shape index (κ1) is 28.0. The molecule has 9 nitrogen and oxygen atoms in total. The van der Waals surface area contributed by atoms with Crippen LogP contribution in [0.5, 0.6) is 11.5 Å². The minimum Gasteiger partial charge on any atom is -0.457 e. The number of imidazole rings is 1. The number of pyridine rings is 1. The number of carbonyl (C=O) groups excluding carboxylic acids is 1. The van der Waals surface area contributed by atoms with Gasteiger partial charge in [-0.25, -0.2) is 9.78 Å². The minimum atomic E-state index is -0.747. The average molecular weight is 553 g/mol. The quantitative estimate of drug-likeness (QED) is 0.335. The molecule has 0 radical (unpaired) electrons. The lowest BCUT2D eigenvalue weighted by Gasteiger charge is -2.37. The van der Waals surface area contributed by atoms with Gasteiger partial charge in [0.1, 0.15) is 28.8 Å². The Bertz CT molecular complexity index is 1640. The summed E-state index contributed by atoms with van der Waals surface area (Å²) in [5.74, 6) is 0.560. The Kier molecular flexibility index (Phi) is 7.59. The number of hydrogen-bond acceptors (Lipinski definition) is 6. The standard InChI is InChI=1S/C32H36N6O3/c1-21(32(2,3)4)26(19-33)30(39)36-18-8-9-23(20-36)37-27-16-17-35-29(34)28(27)38(31(37)40)22-12-14-25(15-13-22)41-24-10-6-5-7-11-24/h5-7,10-17,21,23,26H,8-9,18,20H2,1-4H3,(H2,34,35)/t21?,23-,26?/m1/s1. The molecule has 0 bridgehead atoms. The Labute approximate surface area is 239 Å². The van der Waals surface area contributed by atoms with Crippen LogP contribution in [0.4, 0.5) is 5.82 Å². The number of ether oxygens (including phenoxy) is 1. The maximum atomic E-state index is 14.1. The number of aromatic nitrogens is 3. The lowest BCUT2D eigenvalue weighted by Crippen LogP contribution is -2.47. The summed E-state index contributed by atoms with van der Waals surface area (Å²) in [6.07, 6.45) is 3.04. The van der Waals surface area contributed by atoms with Crippen molar-refractivity contribution in [1.29, 1.82) is 5.26 Å². The van der Waals surface area contributed by atoms with Crippen LogP contribution in [-0.4, -0.2) is 38.0 Å². The number of rotatable bonds is 6. The van der Waals surface area contributed by atoms with E-state index in [4.69, 9.17) is 10.5 Å². The molecule has 3 heterocycles. The number of nitrogen functional groups attached to an aromatic ring is 1. The van der Waals surface area contributed by atoms with E-state index in [2.05, 4.69) is 11.1 Å². The first-order chi connectivity index (χ1) is 19.6. The molecule has 41 heavy (non-hydrogen) atoms. The predicted octanol–water partition coefficient (Wildman–Crippen LogP) is 5.55. The van der Waals surface area contributed by atoms with Gasteiger partial charge in [-0.15, -0.1) is 0 Å². The molecule has 5 rings (SSSR count). The van der Waals surface area contributed by atoms with Crippen molar-refractivity contribution in [2.45, 2.75) is 46.6 Å². The zero-order valence-electron chi connectivity index (χ0n) is 23.9. The number of nitriles is 1. The molecule has 4 aromatic rings. The SMILES string of the molecule is CC(C(C#N)C(=O)N1CCC[C@@H](n2c(=O)n(-c3ccc(Oc4ccccc4)cc3)c3c(N)nccc32)C1)C(C)(C)C. The summed E-state index contributed by atoms with van der Waals surface area (Å²) >= 11 is 0. The molecule has 1 aliphatic rings. The summed E-state index contributed by atoms with van der Waals surface area (Å²) in [7, 11) is 0. The fourth-order valence-corrected chi connectivity index (χ4v) is 5.51. The van der Waals surface area contributed by atoms with E-state index in [1.54, 1.807) is 26.3 Å². The highest BCUT2D eigenvalue weighted by Gasteiger charge is 2.38. The lowest BCUT2D eigenvalue weighted by atomic mass is 9.74. The number of anilines is 1. The smallest absolute Gasteiger partial charge is 0.334 e. The molecule has 3 atom stereocenters.